The fraction of sp³-hybridized carbons (Fsp3) is 0.474. The Balaban J connectivity index is 1.72. The van der Waals surface area contributed by atoms with Gasteiger partial charge in [0.05, 0.1) is 5.69 Å². The van der Waals surface area contributed by atoms with E-state index in [0.29, 0.717) is 13.1 Å². The van der Waals surface area contributed by atoms with Gasteiger partial charge < -0.3 is 0 Å². The molecule has 2 aromatic rings. The van der Waals surface area contributed by atoms with Crippen molar-refractivity contribution in [2.45, 2.75) is 31.1 Å². The van der Waals surface area contributed by atoms with Crippen molar-refractivity contribution in [1.82, 2.24) is 18.6 Å². The fourth-order valence-electron chi connectivity index (χ4n) is 4.18. The van der Waals surface area contributed by atoms with Gasteiger partial charge in [0.1, 0.15) is 0 Å². The van der Waals surface area contributed by atoms with E-state index in [0.717, 1.165) is 48.3 Å². The predicted octanol–water partition coefficient (Wildman–Crippen LogP) is 2.23. The maximum Gasteiger partial charge on any atom is 0.281 e. The summed E-state index contributed by atoms with van der Waals surface area (Å²) in [7, 11) is -0.221. The smallest absolute Gasteiger partial charge is 0.236 e. The summed E-state index contributed by atoms with van der Waals surface area (Å²) < 4.78 is 28.2. The Hall–Kier alpha value is -1.83. The first kappa shape index (κ1) is 17.6. The van der Waals surface area contributed by atoms with E-state index >= 15 is 0 Å². The van der Waals surface area contributed by atoms with Crippen molar-refractivity contribution in [3.05, 3.63) is 47.8 Å². The molecule has 0 radical (unpaired) electrons. The largest absolute Gasteiger partial charge is 0.281 e. The first-order valence-corrected chi connectivity index (χ1v) is 10.4. The number of rotatable bonds is 3. The molecule has 4 rings (SSSR count). The Kier molecular flexibility index (Phi) is 4.33. The van der Waals surface area contributed by atoms with Gasteiger partial charge in [-0.2, -0.15) is 17.0 Å². The molecule has 138 valence electrons. The maximum atomic E-state index is 12.6. The minimum absolute atomic E-state index is 0.191. The van der Waals surface area contributed by atoms with Crippen molar-refractivity contribution >= 4 is 10.2 Å². The normalized spacial score (nSPS) is 23.5. The molecule has 26 heavy (non-hydrogen) atoms. The summed E-state index contributed by atoms with van der Waals surface area (Å²) in [5, 5.41) is 0. The molecule has 6 nitrogen and oxygen atoms in total. The van der Waals surface area contributed by atoms with E-state index in [2.05, 4.69) is 4.98 Å². The zero-order valence-electron chi connectivity index (χ0n) is 15.2. The molecule has 1 unspecified atom stereocenters. The third kappa shape index (κ3) is 2.84. The van der Waals surface area contributed by atoms with E-state index in [4.69, 9.17) is 4.98 Å². The average molecular weight is 372 g/mol. The third-order valence-corrected chi connectivity index (χ3v) is 7.49. The summed E-state index contributed by atoms with van der Waals surface area (Å²) in [5.41, 5.74) is 3.01. The first-order valence-electron chi connectivity index (χ1n) is 9.02. The Bertz CT molecular complexity index is 910. The van der Waals surface area contributed by atoms with E-state index < -0.39 is 10.2 Å². The number of aromatic nitrogens is 2. The summed E-state index contributed by atoms with van der Waals surface area (Å²) in [6.45, 7) is 1.08. The Morgan fingerprint density at radius 2 is 1.92 bits per heavy atom. The van der Waals surface area contributed by atoms with Crippen LogP contribution in [0.15, 0.2) is 36.5 Å². The van der Waals surface area contributed by atoms with Crippen LogP contribution < -0.4 is 0 Å². The summed E-state index contributed by atoms with van der Waals surface area (Å²) in [6, 6.07) is 9.95. The van der Waals surface area contributed by atoms with Crippen LogP contribution in [0.1, 0.15) is 30.5 Å². The number of nitrogens with zero attached hydrogens (tertiary/aromatic N) is 4. The molecular weight excluding hydrogens is 348 g/mol. The Labute approximate surface area is 155 Å². The second-order valence-corrected chi connectivity index (χ2v) is 9.58. The molecular formula is C19H24N4O2S. The van der Waals surface area contributed by atoms with Crippen LogP contribution in [0.4, 0.5) is 0 Å². The molecule has 1 aromatic heterocycles. The van der Waals surface area contributed by atoms with Crippen molar-refractivity contribution < 1.29 is 8.42 Å². The van der Waals surface area contributed by atoms with Gasteiger partial charge >= 0.3 is 0 Å². The summed E-state index contributed by atoms with van der Waals surface area (Å²) >= 11 is 0. The van der Waals surface area contributed by atoms with Gasteiger partial charge in [-0.1, -0.05) is 30.3 Å². The molecule has 1 aliphatic heterocycles. The van der Waals surface area contributed by atoms with E-state index in [-0.39, 0.29) is 5.41 Å². The third-order valence-electron chi connectivity index (χ3n) is 5.60. The Morgan fingerprint density at radius 1 is 1.15 bits per heavy atom. The van der Waals surface area contributed by atoms with Gasteiger partial charge in [0.25, 0.3) is 10.2 Å². The second-order valence-electron chi connectivity index (χ2n) is 7.44. The van der Waals surface area contributed by atoms with Gasteiger partial charge in [-0.3, -0.25) is 0 Å². The van der Waals surface area contributed by atoms with Crippen LogP contribution in [0.2, 0.25) is 0 Å². The van der Waals surface area contributed by atoms with Crippen LogP contribution >= 0.6 is 0 Å². The number of piperidine rings is 1. The molecule has 0 bridgehead atoms. The van der Waals surface area contributed by atoms with E-state index in [1.165, 1.54) is 4.31 Å². The summed E-state index contributed by atoms with van der Waals surface area (Å²) in [5.74, 6) is 0.721. The van der Waals surface area contributed by atoms with Crippen molar-refractivity contribution in [2.75, 3.05) is 27.2 Å². The average Bonchev–Trinajstić information content (AvgIpc) is 3.00. The summed E-state index contributed by atoms with van der Waals surface area (Å²) in [4.78, 5) is 9.46. The van der Waals surface area contributed by atoms with Gasteiger partial charge in [0.2, 0.25) is 0 Å². The lowest BCUT2D eigenvalue weighted by molar-refractivity contribution is 0.212. The van der Waals surface area contributed by atoms with Gasteiger partial charge in [-0.05, 0) is 31.2 Å². The molecule has 0 saturated carbocycles. The van der Waals surface area contributed by atoms with Crippen molar-refractivity contribution in [3.63, 3.8) is 0 Å². The lowest BCUT2D eigenvalue weighted by atomic mass is 9.78. The zero-order valence-corrected chi connectivity index (χ0v) is 16.0. The molecule has 2 heterocycles. The van der Waals surface area contributed by atoms with Crippen LogP contribution in [0.5, 0.6) is 0 Å². The number of hydrogen-bond acceptors (Lipinski definition) is 4. The lowest BCUT2D eigenvalue weighted by Crippen LogP contribution is -2.51. The highest BCUT2D eigenvalue weighted by Crippen LogP contribution is 2.44. The quantitative estimate of drug-likeness (QED) is 0.829. The van der Waals surface area contributed by atoms with E-state index in [1.807, 2.05) is 36.5 Å². The van der Waals surface area contributed by atoms with Crippen LogP contribution in [-0.4, -0.2) is 54.2 Å². The van der Waals surface area contributed by atoms with Crippen LogP contribution in [0, 0.1) is 0 Å². The molecule has 1 aromatic carbocycles. The van der Waals surface area contributed by atoms with Gasteiger partial charge in [0.15, 0.2) is 5.82 Å². The highest BCUT2D eigenvalue weighted by Gasteiger charge is 2.46. The lowest BCUT2D eigenvalue weighted by Gasteiger charge is -2.40. The first-order chi connectivity index (χ1) is 12.4. The highest BCUT2D eigenvalue weighted by molar-refractivity contribution is 7.86. The molecule has 1 spiro atoms. The molecule has 1 saturated heterocycles. The van der Waals surface area contributed by atoms with E-state index in [9.17, 15) is 8.42 Å². The standard InChI is InChI=1S/C19H24N4O2S/c1-22(2)26(24,25)23-12-6-10-19(14-23)11-9-16-13-20-18(21-17(16)19)15-7-4-3-5-8-15/h3-5,7-8,13H,6,9-12,14H2,1-2H3. The molecule has 0 N–H and O–H groups in total. The monoisotopic (exact) mass is 372 g/mol. The molecule has 1 atom stereocenters. The fourth-order valence-corrected chi connectivity index (χ4v) is 5.41. The Morgan fingerprint density at radius 3 is 2.65 bits per heavy atom. The molecule has 7 heteroatoms. The highest BCUT2D eigenvalue weighted by atomic mass is 32.2. The minimum Gasteiger partial charge on any atom is -0.236 e. The number of hydrogen-bond donors (Lipinski definition) is 0. The van der Waals surface area contributed by atoms with Crippen molar-refractivity contribution in [3.8, 4) is 11.4 Å². The van der Waals surface area contributed by atoms with Gasteiger partial charge in [-0.15, -0.1) is 0 Å². The minimum atomic E-state index is -3.40. The predicted molar refractivity (Wildman–Crippen MR) is 101 cm³/mol. The molecule has 2 aliphatic rings. The second kappa shape index (κ2) is 6.40. The SMILES string of the molecule is CN(C)S(=O)(=O)N1CCCC2(CCc3cnc(-c4ccccc4)nc32)C1. The number of benzene rings is 1. The van der Waals surface area contributed by atoms with E-state index in [1.54, 1.807) is 18.4 Å². The van der Waals surface area contributed by atoms with Crippen LogP contribution in [0.3, 0.4) is 0 Å². The van der Waals surface area contributed by atoms with Gasteiger partial charge in [0, 0.05) is 44.4 Å². The van der Waals surface area contributed by atoms with Gasteiger partial charge in [-0.25, -0.2) is 9.97 Å². The number of fused-ring (bicyclic) bond motifs is 2. The van der Waals surface area contributed by atoms with Crippen LogP contribution in [0.25, 0.3) is 11.4 Å². The molecule has 1 aliphatic carbocycles. The summed E-state index contributed by atoms with van der Waals surface area (Å²) in [6.07, 6.45) is 5.62. The molecule has 1 fully saturated rings. The zero-order chi connectivity index (χ0) is 18.4. The topological polar surface area (TPSA) is 66.4 Å². The maximum absolute atomic E-state index is 12.6. The number of aryl methyl sites for hydroxylation is 1. The van der Waals surface area contributed by atoms with Crippen LogP contribution in [-0.2, 0) is 22.0 Å². The van der Waals surface area contributed by atoms with Crippen molar-refractivity contribution in [2.24, 2.45) is 0 Å². The molecule has 0 amide bonds. The van der Waals surface area contributed by atoms with Crippen molar-refractivity contribution in [1.29, 1.82) is 0 Å².